The zero-order valence-corrected chi connectivity index (χ0v) is 11.6. The summed E-state index contributed by atoms with van der Waals surface area (Å²) in [6, 6.07) is 5.85. The maximum atomic E-state index is 5.20. The van der Waals surface area contributed by atoms with E-state index in [2.05, 4.69) is 27.8 Å². The van der Waals surface area contributed by atoms with Crippen molar-refractivity contribution in [2.24, 2.45) is 0 Å². The number of aromatic nitrogens is 4. The van der Waals surface area contributed by atoms with Crippen molar-refractivity contribution < 1.29 is 4.74 Å². The predicted molar refractivity (Wildman–Crippen MR) is 72.4 cm³/mol. The summed E-state index contributed by atoms with van der Waals surface area (Å²) in [5.74, 6) is 1.64. The van der Waals surface area contributed by atoms with E-state index in [1.807, 2.05) is 25.1 Å². The van der Waals surface area contributed by atoms with Crippen LogP contribution in [0.1, 0.15) is 24.7 Å². The molecule has 0 amide bonds. The summed E-state index contributed by atoms with van der Waals surface area (Å²) >= 11 is 0. The molecule has 1 heterocycles. The molecule has 0 aliphatic rings. The Bertz CT molecular complexity index is 538. The summed E-state index contributed by atoms with van der Waals surface area (Å²) in [5.41, 5.74) is 2.04. The Morgan fingerprint density at radius 2 is 2.21 bits per heavy atom. The quantitative estimate of drug-likeness (QED) is 0.798. The van der Waals surface area contributed by atoms with Crippen LogP contribution in [0.5, 0.6) is 5.75 Å². The van der Waals surface area contributed by atoms with Crippen LogP contribution in [0.3, 0.4) is 0 Å². The van der Waals surface area contributed by atoms with Crippen molar-refractivity contribution in [3.05, 3.63) is 29.6 Å². The molecule has 0 saturated carbocycles. The minimum absolute atomic E-state index is 0.659. The molecular weight excluding hydrogens is 242 g/mol. The number of aryl methyl sites for hydroxylation is 1. The number of methoxy groups -OCH3 is 1. The fourth-order valence-electron chi connectivity index (χ4n) is 1.87. The monoisotopic (exact) mass is 261 g/mol. The molecule has 102 valence electrons. The normalized spacial score (nSPS) is 10.7. The van der Waals surface area contributed by atoms with Crippen LogP contribution in [0.2, 0.25) is 0 Å². The third kappa shape index (κ3) is 3.08. The van der Waals surface area contributed by atoms with E-state index in [1.165, 1.54) is 0 Å². The first-order valence-corrected chi connectivity index (χ1v) is 6.39. The van der Waals surface area contributed by atoms with Crippen molar-refractivity contribution in [2.75, 3.05) is 13.7 Å². The van der Waals surface area contributed by atoms with E-state index >= 15 is 0 Å². The molecule has 0 aliphatic carbocycles. The van der Waals surface area contributed by atoms with Gasteiger partial charge in [0.1, 0.15) is 5.75 Å². The van der Waals surface area contributed by atoms with Crippen LogP contribution in [0.4, 0.5) is 0 Å². The van der Waals surface area contributed by atoms with Gasteiger partial charge in [0.2, 0.25) is 0 Å². The van der Waals surface area contributed by atoms with Crippen LogP contribution in [0, 0.1) is 6.92 Å². The second-order valence-electron chi connectivity index (χ2n) is 4.34. The molecule has 0 saturated heterocycles. The molecule has 6 nitrogen and oxygen atoms in total. The summed E-state index contributed by atoms with van der Waals surface area (Å²) in [6.07, 6.45) is 1.09. The maximum Gasteiger partial charge on any atom is 0.170 e. The van der Waals surface area contributed by atoms with E-state index in [9.17, 15) is 0 Å². The summed E-state index contributed by atoms with van der Waals surface area (Å²) in [4.78, 5) is 0. The molecule has 0 fully saturated rings. The van der Waals surface area contributed by atoms with Gasteiger partial charge < -0.3 is 10.1 Å². The molecule has 1 N–H and O–H groups in total. The lowest BCUT2D eigenvalue weighted by atomic mass is 10.2. The Balaban J connectivity index is 2.24. The number of tetrazole rings is 1. The second-order valence-corrected chi connectivity index (χ2v) is 4.34. The van der Waals surface area contributed by atoms with Gasteiger partial charge in [-0.1, -0.05) is 6.92 Å². The molecule has 0 atom stereocenters. The highest BCUT2D eigenvalue weighted by Gasteiger charge is 2.10. The average molecular weight is 261 g/mol. The van der Waals surface area contributed by atoms with Gasteiger partial charge in [-0.2, -0.15) is 4.68 Å². The first kappa shape index (κ1) is 13.5. The van der Waals surface area contributed by atoms with Crippen LogP contribution >= 0.6 is 0 Å². The molecule has 0 bridgehead atoms. The molecule has 1 aromatic heterocycles. The maximum absolute atomic E-state index is 5.20. The lowest BCUT2D eigenvalue weighted by molar-refractivity contribution is 0.414. The molecule has 0 spiro atoms. The number of benzene rings is 1. The molecule has 6 heteroatoms. The number of rotatable bonds is 6. The lowest BCUT2D eigenvalue weighted by Crippen LogP contribution is -2.18. The van der Waals surface area contributed by atoms with Gasteiger partial charge in [0, 0.05) is 0 Å². The molecule has 2 aromatic rings. The Morgan fingerprint density at radius 1 is 1.37 bits per heavy atom. The third-order valence-corrected chi connectivity index (χ3v) is 2.88. The van der Waals surface area contributed by atoms with Crippen LogP contribution in [-0.4, -0.2) is 33.9 Å². The van der Waals surface area contributed by atoms with E-state index in [-0.39, 0.29) is 0 Å². The lowest BCUT2D eigenvalue weighted by Gasteiger charge is -2.09. The van der Waals surface area contributed by atoms with Crippen LogP contribution in [0.25, 0.3) is 5.69 Å². The van der Waals surface area contributed by atoms with E-state index < -0.39 is 0 Å². The number of nitrogens with zero attached hydrogens (tertiary/aromatic N) is 4. The van der Waals surface area contributed by atoms with Crippen molar-refractivity contribution in [2.45, 2.75) is 26.8 Å². The molecular formula is C13H19N5O. The van der Waals surface area contributed by atoms with Gasteiger partial charge >= 0.3 is 0 Å². The third-order valence-electron chi connectivity index (χ3n) is 2.88. The summed E-state index contributed by atoms with van der Waals surface area (Å²) in [6.45, 7) is 5.76. The van der Waals surface area contributed by atoms with E-state index in [1.54, 1.807) is 11.8 Å². The summed E-state index contributed by atoms with van der Waals surface area (Å²) in [7, 11) is 1.66. The van der Waals surface area contributed by atoms with E-state index in [4.69, 9.17) is 4.74 Å². The number of nitrogens with one attached hydrogen (secondary N) is 1. The zero-order valence-electron chi connectivity index (χ0n) is 11.6. The summed E-state index contributed by atoms with van der Waals surface area (Å²) < 4.78 is 6.97. The van der Waals surface area contributed by atoms with Gasteiger partial charge in [0.25, 0.3) is 0 Å². The molecule has 0 radical (unpaired) electrons. The standard InChI is InChI=1S/C13H19N5O/c1-4-7-14-9-13-15-16-17-18(13)12-6-5-11(19-3)8-10(12)2/h5-6,8,14H,4,7,9H2,1-3H3. The first-order valence-electron chi connectivity index (χ1n) is 6.39. The van der Waals surface area contributed by atoms with Crippen LogP contribution in [-0.2, 0) is 6.54 Å². The fraction of sp³-hybridized carbons (Fsp3) is 0.462. The Labute approximate surface area is 112 Å². The van der Waals surface area contributed by atoms with Gasteiger partial charge in [-0.15, -0.1) is 5.10 Å². The Morgan fingerprint density at radius 3 is 2.89 bits per heavy atom. The van der Waals surface area contributed by atoms with Crippen molar-refractivity contribution in [3.63, 3.8) is 0 Å². The van der Waals surface area contributed by atoms with Gasteiger partial charge in [-0.3, -0.25) is 0 Å². The van der Waals surface area contributed by atoms with E-state index in [0.29, 0.717) is 6.54 Å². The number of ether oxygens (including phenoxy) is 1. The second kappa shape index (κ2) is 6.29. The minimum Gasteiger partial charge on any atom is -0.497 e. The van der Waals surface area contributed by atoms with Crippen molar-refractivity contribution in [1.82, 2.24) is 25.5 Å². The van der Waals surface area contributed by atoms with Gasteiger partial charge in [-0.25, -0.2) is 0 Å². The number of hydrogen-bond acceptors (Lipinski definition) is 5. The largest absolute Gasteiger partial charge is 0.497 e. The molecule has 2 rings (SSSR count). The molecule has 19 heavy (non-hydrogen) atoms. The van der Waals surface area contributed by atoms with Gasteiger partial charge in [0.15, 0.2) is 5.82 Å². The van der Waals surface area contributed by atoms with Crippen molar-refractivity contribution in [1.29, 1.82) is 0 Å². The highest BCUT2D eigenvalue weighted by Crippen LogP contribution is 2.20. The van der Waals surface area contributed by atoms with Crippen molar-refractivity contribution in [3.8, 4) is 11.4 Å². The molecule has 1 aromatic carbocycles. The number of hydrogen-bond donors (Lipinski definition) is 1. The van der Waals surface area contributed by atoms with Crippen LogP contribution < -0.4 is 10.1 Å². The summed E-state index contributed by atoms with van der Waals surface area (Å²) in [5, 5.41) is 15.2. The highest BCUT2D eigenvalue weighted by molar-refractivity contribution is 5.44. The SMILES string of the molecule is CCCNCc1nnnn1-c1ccc(OC)cc1C. The smallest absolute Gasteiger partial charge is 0.170 e. The average Bonchev–Trinajstić information content (AvgIpc) is 2.87. The fourth-order valence-corrected chi connectivity index (χ4v) is 1.87. The minimum atomic E-state index is 0.659. The molecule has 0 unspecified atom stereocenters. The Kier molecular flexibility index (Phi) is 4.46. The first-order chi connectivity index (χ1) is 9.26. The zero-order chi connectivity index (χ0) is 13.7. The van der Waals surface area contributed by atoms with Gasteiger partial charge in [0.05, 0.1) is 19.3 Å². The molecule has 0 aliphatic heterocycles. The van der Waals surface area contributed by atoms with Crippen molar-refractivity contribution >= 4 is 0 Å². The Hall–Kier alpha value is -1.95. The topological polar surface area (TPSA) is 64.9 Å². The predicted octanol–water partition coefficient (Wildman–Crippen LogP) is 1.48. The highest BCUT2D eigenvalue weighted by atomic mass is 16.5. The van der Waals surface area contributed by atoms with E-state index in [0.717, 1.165) is 35.8 Å². The van der Waals surface area contributed by atoms with Gasteiger partial charge in [-0.05, 0) is 54.1 Å². The van der Waals surface area contributed by atoms with Crippen LogP contribution in [0.15, 0.2) is 18.2 Å².